The van der Waals surface area contributed by atoms with E-state index in [0.29, 0.717) is 21.9 Å². The van der Waals surface area contributed by atoms with Gasteiger partial charge in [0, 0.05) is 17.5 Å². The van der Waals surface area contributed by atoms with E-state index in [9.17, 15) is 9.18 Å². The van der Waals surface area contributed by atoms with Crippen molar-refractivity contribution < 1.29 is 9.13 Å². The van der Waals surface area contributed by atoms with E-state index in [1.807, 2.05) is 73.8 Å². The molecular formula is C27H22FN3O2S. The molecule has 5 rings (SSSR count). The Hall–Kier alpha value is -3.84. The zero-order valence-corrected chi connectivity index (χ0v) is 19.5. The second-order valence-electron chi connectivity index (χ2n) is 7.87. The van der Waals surface area contributed by atoms with Gasteiger partial charge in [0.2, 0.25) is 0 Å². The lowest BCUT2D eigenvalue weighted by Crippen LogP contribution is -2.22. The number of rotatable bonds is 6. The highest BCUT2D eigenvalue weighted by Crippen LogP contribution is 2.31. The second kappa shape index (κ2) is 9.19. The van der Waals surface area contributed by atoms with E-state index in [-0.39, 0.29) is 11.3 Å². The maximum Gasteiger partial charge on any atom is 0.283 e. The molecule has 7 heteroatoms. The number of aryl methyl sites for hydroxylation is 1. The van der Waals surface area contributed by atoms with Gasteiger partial charge in [-0.15, -0.1) is 0 Å². The van der Waals surface area contributed by atoms with E-state index < -0.39 is 5.82 Å². The molecule has 0 spiro atoms. The molecule has 5 nitrogen and oxygen atoms in total. The van der Waals surface area contributed by atoms with Crippen LogP contribution in [0.15, 0.2) is 88.9 Å². The van der Waals surface area contributed by atoms with E-state index >= 15 is 0 Å². The largest absolute Gasteiger partial charge is 0.494 e. The summed E-state index contributed by atoms with van der Waals surface area (Å²) in [4.78, 5) is 21.8. The van der Waals surface area contributed by atoms with Crippen LogP contribution >= 0.6 is 11.8 Å². The molecule has 1 N–H and O–H groups in total. The molecule has 0 fully saturated rings. The van der Waals surface area contributed by atoms with Gasteiger partial charge < -0.3 is 9.72 Å². The number of aromatic nitrogens is 3. The van der Waals surface area contributed by atoms with Gasteiger partial charge in [-0.2, -0.15) is 0 Å². The van der Waals surface area contributed by atoms with Crippen LogP contribution in [0, 0.1) is 12.7 Å². The van der Waals surface area contributed by atoms with Gasteiger partial charge in [0.25, 0.3) is 5.56 Å². The molecule has 0 atom stereocenters. The van der Waals surface area contributed by atoms with Crippen LogP contribution in [0.1, 0.15) is 11.1 Å². The van der Waals surface area contributed by atoms with Crippen LogP contribution in [0.5, 0.6) is 5.75 Å². The van der Waals surface area contributed by atoms with Crippen LogP contribution in [0.3, 0.4) is 0 Å². The van der Waals surface area contributed by atoms with Crippen LogP contribution in [-0.4, -0.2) is 21.6 Å². The topological polar surface area (TPSA) is 59.9 Å². The molecule has 0 saturated heterocycles. The first kappa shape index (κ1) is 22.0. The number of H-pyrrole nitrogens is 1. The Kier molecular flexibility index (Phi) is 5.94. The van der Waals surface area contributed by atoms with E-state index in [0.717, 1.165) is 27.9 Å². The lowest BCUT2D eigenvalue weighted by molar-refractivity contribution is 0.386. The molecule has 2 heterocycles. The first-order valence-corrected chi connectivity index (χ1v) is 11.8. The number of halogens is 1. The van der Waals surface area contributed by atoms with E-state index in [1.54, 1.807) is 10.6 Å². The number of methoxy groups -OCH3 is 1. The van der Waals surface area contributed by atoms with Gasteiger partial charge in [0.05, 0.1) is 12.8 Å². The molecule has 0 aliphatic rings. The minimum Gasteiger partial charge on any atom is -0.494 e. The van der Waals surface area contributed by atoms with Gasteiger partial charge in [-0.1, -0.05) is 66.4 Å². The number of nitrogens with one attached hydrogen (secondary N) is 1. The number of ether oxygens (including phenoxy) is 1. The van der Waals surface area contributed by atoms with Gasteiger partial charge in [-0.05, 0) is 41.8 Å². The zero-order chi connectivity index (χ0) is 23.7. The molecule has 0 aliphatic carbocycles. The highest BCUT2D eigenvalue weighted by molar-refractivity contribution is 7.98. The smallest absolute Gasteiger partial charge is 0.283 e. The minimum atomic E-state index is -0.419. The lowest BCUT2D eigenvalue weighted by atomic mass is 10.1. The predicted octanol–water partition coefficient (Wildman–Crippen LogP) is 6.13. The fraction of sp³-hybridized carbons (Fsp3) is 0.111. The van der Waals surface area contributed by atoms with E-state index in [2.05, 4.69) is 4.98 Å². The fourth-order valence-corrected chi connectivity index (χ4v) is 4.89. The highest BCUT2D eigenvalue weighted by atomic mass is 32.2. The number of benzene rings is 3. The van der Waals surface area contributed by atoms with Gasteiger partial charge in [-0.25, -0.2) is 9.37 Å². The van der Waals surface area contributed by atoms with Crippen molar-refractivity contribution >= 4 is 22.8 Å². The summed E-state index contributed by atoms with van der Waals surface area (Å²) in [7, 11) is 1.44. The Bertz CT molecular complexity index is 1540. The molecule has 0 unspecified atom stereocenters. The van der Waals surface area contributed by atoms with Gasteiger partial charge in [0.15, 0.2) is 16.7 Å². The average Bonchev–Trinajstić information content (AvgIpc) is 3.28. The summed E-state index contributed by atoms with van der Waals surface area (Å²) in [6.07, 6.45) is 1.82. The molecule has 34 heavy (non-hydrogen) atoms. The van der Waals surface area contributed by atoms with Crippen molar-refractivity contribution in [3.8, 4) is 22.6 Å². The van der Waals surface area contributed by atoms with E-state index in [4.69, 9.17) is 9.72 Å². The van der Waals surface area contributed by atoms with Crippen LogP contribution < -0.4 is 10.3 Å². The summed E-state index contributed by atoms with van der Waals surface area (Å²) in [5, 5.41) is 0.541. The van der Waals surface area contributed by atoms with Crippen molar-refractivity contribution in [3.63, 3.8) is 0 Å². The predicted molar refractivity (Wildman–Crippen MR) is 134 cm³/mol. The van der Waals surface area contributed by atoms with Gasteiger partial charge in [0.1, 0.15) is 11.0 Å². The summed E-state index contributed by atoms with van der Waals surface area (Å²) >= 11 is 1.39. The third-order valence-electron chi connectivity index (χ3n) is 5.69. The maximum absolute atomic E-state index is 14.2. The average molecular weight is 472 g/mol. The van der Waals surface area contributed by atoms with Gasteiger partial charge >= 0.3 is 0 Å². The van der Waals surface area contributed by atoms with E-state index in [1.165, 1.54) is 24.9 Å². The maximum atomic E-state index is 14.2. The first-order chi connectivity index (χ1) is 16.6. The van der Waals surface area contributed by atoms with Crippen molar-refractivity contribution in [1.82, 2.24) is 14.5 Å². The molecule has 5 aromatic rings. The standard InChI is InChI=1S/C27H22FN3O2S/c1-17-8-6-7-11-22(17)31-26(32)25-24(20(15-29-25)19-9-4-3-5-10-19)30-27(31)34-16-18-12-13-23(33-2)21(28)14-18/h3-15,29H,16H2,1-2H3. The molecule has 2 aromatic heterocycles. The third kappa shape index (κ3) is 3.99. The van der Waals surface area contributed by atoms with Crippen molar-refractivity contribution in [3.05, 3.63) is 106 Å². The summed E-state index contributed by atoms with van der Waals surface area (Å²) in [5.74, 6) is 0.220. The Morgan fingerprint density at radius 2 is 1.82 bits per heavy atom. The summed E-state index contributed by atoms with van der Waals surface area (Å²) in [6.45, 7) is 1.96. The number of para-hydroxylation sites is 1. The molecule has 0 amide bonds. The Balaban J connectivity index is 1.66. The monoisotopic (exact) mass is 471 g/mol. The molecule has 0 aliphatic heterocycles. The van der Waals surface area contributed by atoms with Crippen molar-refractivity contribution in [1.29, 1.82) is 0 Å². The Morgan fingerprint density at radius 1 is 1.06 bits per heavy atom. The van der Waals surface area contributed by atoms with Crippen LogP contribution in [0.4, 0.5) is 4.39 Å². The number of thioether (sulfide) groups is 1. The molecule has 170 valence electrons. The number of aromatic amines is 1. The number of nitrogens with zero attached hydrogens (tertiary/aromatic N) is 2. The van der Waals surface area contributed by atoms with Crippen LogP contribution in [0.25, 0.3) is 27.8 Å². The quantitative estimate of drug-likeness (QED) is 0.239. The number of hydrogen-bond donors (Lipinski definition) is 1. The van der Waals surface area contributed by atoms with Crippen molar-refractivity contribution in [2.75, 3.05) is 7.11 Å². The SMILES string of the molecule is COc1ccc(CSc2nc3c(-c4ccccc4)c[nH]c3c(=O)n2-c2ccccc2C)cc1F. The minimum absolute atomic E-state index is 0.176. The molecule has 3 aromatic carbocycles. The first-order valence-electron chi connectivity index (χ1n) is 10.8. The summed E-state index contributed by atoms with van der Waals surface area (Å²) in [5.41, 5.74) is 5.21. The van der Waals surface area contributed by atoms with Crippen molar-refractivity contribution in [2.24, 2.45) is 0 Å². The van der Waals surface area contributed by atoms with Crippen LogP contribution in [-0.2, 0) is 5.75 Å². The number of hydrogen-bond acceptors (Lipinski definition) is 4. The van der Waals surface area contributed by atoms with Crippen molar-refractivity contribution in [2.45, 2.75) is 17.8 Å². The molecule has 0 radical (unpaired) electrons. The lowest BCUT2D eigenvalue weighted by Gasteiger charge is -2.14. The zero-order valence-electron chi connectivity index (χ0n) is 18.7. The molecule has 0 saturated carbocycles. The summed E-state index contributed by atoms with van der Waals surface area (Å²) in [6, 6.07) is 22.4. The molecular weight excluding hydrogens is 449 g/mol. The summed E-state index contributed by atoms with van der Waals surface area (Å²) < 4.78 is 20.9. The van der Waals surface area contributed by atoms with Crippen LogP contribution in [0.2, 0.25) is 0 Å². The highest BCUT2D eigenvalue weighted by Gasteiger charge is 2.19. The molecule has 0 bridgehead atoms. The Labute approximate surface area is 200 Å². The normalized spacial score (nSPS) is 11.1. The number of fused-ring (bicyclic) bond motifs is 1. The Morgan fingerprint density at radius 3 is 2.56 bits per heavy atom. The third-order valence-corrected chi connectivity index (χ3v) is 6.70. The second-order valence-corrected chi connectivity index (χ2v) is 8.81. The fourth-order valence-electron chi connectivity index (χ4n) is 3.95. The van der Waals surface area contributed by atoms with Gasteiger partial charge in [-0.3, -0.25) is 9.36 Å².